The minimum Gasteiger partial charge on any atom is -0.508 e. The van der Waals surface area contributed by atoms with Crippen LogP contribution in [0, 0.1) is 0 Å². The van der Waals surface area contributed by atoms with Crippen LogP contribution in [-0.4, -0.2) is 43.8 Å². The third-order valence-corrected chi connectivity index (χ3v) is 4.95. The van der Waals surface area contributed by atoms with Crippen LogP contribution in [0.4, 0.5) is 13.2 Å². The number of carbonyl (C=O) groups excluding carboxylic acids is 1. The van der Waals surface area contributed by atoms with Gasteiger partial charge in [-0.05, 0) is 60.2 Å². The number of aromatic hydroxyl groups is 2. The van der Waals surface area contributed by atoms with E-state index in [1.807, 2.05) is 0 Å². The molecule has 0 saturated carbocycles. The summed E-state index contributed by atoms with van der Waals surface area (Å²) < 4.78 is 36.6. The fourth-order valence-corrected chi connectivity index (χ4v) is 3.15. The van der Waals surface area contributed by atoms with E-state index in [1.165, 1.54) is 30.3 Å². The Labute approximate surface area is 203 Å². The van der Waals surface area contributed by atoms with E-state index in [1.54, 1.807) is 53.8 Å². The number of benzene rings is 3. The Kier molecular flexibility index (Phi) is 6.95. The predicted molar refractivity (Wildman–Crippen MR) is 128 cm³/mol. The number of amides is 1. The maximum atomic E-state index is 12.2. The van der Waals surface area contributed by atoms with Gasteiger partial charge < -0.3 is 15.5 Å². The van der Waals surface area contributed by atoms with E-state index in [2.05, 4.69) is 15.0 Å². The summed E-state index contributed by atoms with van der Waals surface area (Å²) >= 11 is 0. The highest BCUT2D eigenvalue weighted by Gasteiger charge is 2.27. The summed E-state index contributed by atoms with van der Waals surface area (Å²) in [5.74, 6) is 0.437. The van der Waals surface area contributed by atoms with E-state index < -0.39 is 18.6 Å². The van der Waals surface area contributed by atoms with Gasteiger partial charge >= 0.3 is 6.18 Å². The molecule has 3 aromatic carbocycles. The third-order valence-electron chi connectivity index (χ3n) is 4.95. The summed E-state index contributed by atoms with van der Waals surface area (Å²) in [7, 11) is 0. The van der Waals surface area contributed by atoms with Crippen molar-refractivity contribution in [3.63, 3.8) is 0 Å². The lowest BCUT2D eigenvalue weighted by atomic mass is 10.1. The van der Waals surface area contributed by atoms with E-state index in [9.17, 15) is 28.2 Å². The molecular formula is C26H19F3N4O3. The van der Waals surface area contributed by atoms with Crippen molar-refractivity contribution in [2.45, 2.75) is 6.18 Å². The summed E-state index contributed by atoms with van der Waals surface area (Å²) in [6, 6.07) is 19.5. The number of carbonyl (C=O) groups is 1. The van der Waals surface area contributed by atoms with Crippen molar-refractivity contribution in [2.24, 2.45) is 0 Å². The Hall–Kier alpha value is -4.73. The standard InChI is InChI=1S/C26H19F3N4O3/c27-26(28,29)15-30-22(36)14-3-16-1-4-17(5-2-16)23-31-24(18-6-10-20(34)11-7-18)33-25(32-23)19-8-12-21(35)13-9-19/h1-14,34-35H,15H2,(H,30,36)/b14-3+. The van der Waals surface area contributed by atoms with E-state index >= 15 is 0 Å². The minimum atomic E-state index is -4.48. The van der Waals surface area contributed by atoms with Crippen molar-refractivity contribution in [3.05, 3.63) is 84.4 Å². The number of aromatic nitrogens is 3. The zero-order valence-corrected chi connectivity index (χ0v) is 18.6. The molecule has 36 heavy (non-hydrogen) atoms. The van der Waals surface area contributed by atoms with Crippen LogP contribution in [0.15, 0.2) is 78.9 Å². The van der Waals surface area contributed by atoms with Gasteiger partial charge in [0.15, 0.2) is 17.5 Å². The quantitative estimate of drug-likeness (QED) is 0.328. The van der Waals surface area contributed by atoms with Crippen LogP contribution >= 0.6 is 0 Å². The Morgan fingerprint density at radius 2 is 1.11 bits per heavy atom. The van der Waals surface area contributed by atoms with Crippen LogP contribution in [0.1, 0.15) is 5.56 Å². The maximum absolute atomic E-state index is 12.2. The largest absolute Gasteiger partial charge is 0.508 e. The molecule has 0 radical (unpaired) electrons. The summed E-state index contributed by atoms with van der Waals surface area (Å²) in [5.41, 5.74) is 2.53. The van der Waals surface area contributed by atoms with Gasteiger partial charge in [0.25, 0.3) is 0 Å². The molecule has 0 bridgehead atoms. The smallest absolute Gasteiger partial charge is 0.405 e. The van der Waals surface area contributed by atoms with E-state index in [0.717, 1.165) is 6.08 Å². The van der Waals surface area contributed by atoms with Gasteiger partial charge in [0.2, 0.25) is 5.91 Å². The second kappa shape index (κ2) is 10.3. The first-order chi connectivity index (χ1) is 17.2. The Balaban J connectivity index is 1.63. The molecule has 7 nitrogen and oxygen atoms in total. The predicted octanol–water partition coefficient (Wildman–Crippen LogP) is 4.98. The number of nitrogens with one attached hydrogen (secondary N) is 1. The second-order valence-electron chi connectivity index (χ2n) is 7.69. The number of alkyl halides is 3. The number of hydrogen-bond donors (Lipinski definition) is 3. The Bertz CT molecular complexity index is 1320. The van der Waals surface area contributed by atoms with Gasteiger partial charge in [-0.2, -0.15) is 13.2 Å². The highest BCUT2D eigenvalue weighted by Crippen LogP contribution is 2.26. The van der Waals surface area contributed by atoms with Crippen LogP contribution in [-0.2, 0) is 4.79 Å². The highest BCUT2D eigenvalue weighted by molar-refractivity contribution is 5.91. The molecule has 0 atom stereocenters. The number of rotatable bonds is 6. The van der Waals surface area contributed by atoms with Crippen molar-refractivity contribution in [1.82, 2.24) is 20.3 Å². The van der Waals surface area contributed by atoms with Gasteiger partial charge in [-0.15, -0.1) is 0 Å². The van der Waals surface area contributed by atoms with Crippen LogP contribution in [0.25, 0.3) is 40.2 Å². The fourth-order valence-electron chi connectivity index (χ4n) is 3.15. The van der Waals surface area contributed by atoms with Gasteiger partial charge in [-0.1, -0.05) is 24.3 Å². The average Bonchev–Trinajstić information content (AvgIpc) is 2.87. The van der Waals surface area contributed by atoms with Crippen molar-refractivity contribution >= 4 is 12.0 Å². The maximum Gasteiger partial charge on any atom is 0.405 e. The second-order valence-corrected chi connectivity index (χ2v) is 7.69. The Morgan fingerprint density at radius 3 is 1.50 bits per heavy atom. The molecule has 0 unspecified atom stereocenters. The number of hydrogen-bond acceptors (Lipinski definition) is 6. The van der Waals surface area contributed by atoms with E-state index in [-0.39, 0.29) is 11.5 Å². The summed E-state index contributed by atoms with van der Waals surface area (Å²) in [5, 5.41) is 21.0. The lowest BCUT2D eigenvalue weighted by molar-refractivity contribution is -0.135. The first-order valence-electron chi connectivity index (χ1n) is 10.6. The number of phenolic OH excluding ortho intramolecular Hbond substituents is 2. The monoisotopic (exact) mass is 492 g/mol. The molecule has 3 N–H and O–H groups in total. The van der Waals surface area contributed by atoms with Crippen LogP contribution in [0.3, 0.4) is 0 Å². The van der Waals surface area contributed by atoms with Crippen LogP contribution in [0.5, 0.6) is 11.5 Å². The molecule has 10 heteroatoms. The lowest BCUT2D eigenvalue weighted by Crippen LogP contribution is -2.32. The highest BCUT2D eigenvalue weighted by atomic mass is 19.4. The van der Waals surface area contributed by atoms with Crippen LogP contribution in [0.2, 0.25) is 0 Å². The summed E-state index contributed by atoms with van der Waals surface area (Å²) in [4.78, 5) is 25.2. The zero-order valence-electron chi connectivity index (χ0n) is 18.6. The molecule has 0 aliphatic heterocycles. The van der Waals surface area contributed by atoms with E-state index in [4.69, 9.17) is 0 Å². The topological polar surface area (TPSA) is 108 Å². The van der Waals surface area contributed by atoms with Crippen molar-refractivity contribution < 1.29 is 28.2 Å². The average molecular weight is 492 g/mol. The first-order valence-corrected chi connectivity index (χ1v) is 10.6. The Morgan fingerprint density at radius 1 is 0.722 bits per heavy atom. The van der Waals surface area contributed by atoms with Crippen LogP contribution < -0.4 is 5.32 Å². The fraction of sp³-hybridized carbons (Fsp3) is 0.0769. The minimum absolute atomic E-state index is 0.0996. The molecule has 0 saturated heterocycles. The first kappa shape index (κ1) is 24.4. The van der Waals surface area contributed by atoms with Crippen molar-refractivity contribution in [3.8, 4) is 45.7 Å². The molecule has 0 aliphatic rings. The summed E-state index contributed by atoms with van der Waals surface area (Å²) in [6.07, 6.45) is -2.06. The van der Waals surface area contributed by atoms with Gasteiger partial charge in [0.05, 0.1) is 0 Å². The van der Waals surface area contributed by atoms with Crippen molar-refractivity contribution in [2.75, 3.05) is 6.54 Å². The molecule has 0 spiro atoms. The molecule has 0 fully saturated rings. The van der Waals surface area contributed by atoms with Gasteiger partial charge in [0, 0.05) is 22.8 Å². The normalized spacial score (nSPS) is 11.5. The molecule has 182 valence electrons. The molecular weight excluding hydrogens is 473 g/mol. The molecule has 4 aromatic rings. The molecule has 4 rings (SSSR count). The van der Waals surface area contributed by atoms with Crippen molar-refractivity contribution in [1.29, 1.82) is 0 Å². The lowest BCUT2D eigenvalue weighted by Gasteiger charge is -2.09. The number of halogens is 3. The molecule has 1 aromatic heterocycles. The third kappa shape index (κ3) is 6.44. The van der Waals surface area contributed by atoms with Gasteiger partial charge in [-0.25, -0.2) is 15.0 Å². The molecule has 1 heterocycles. The zero-order chi connectivity index (χ0) is 25.7. The number of nitrogens with zero attached hydrogens (tertiary/aromatic N) is 3. The number of phenols is 2. The summed E-state index contributed by atoms with van der Waals surface area (Å²) in [6.45, 7) is -1.40. The molecule has 1 amide bonds. The van der Waals surface area contributed by atoms with Gasteiger partial charge in [-0.3, -0.25) is 4.79 Å². The van der Waals surface area contributed by atoms with Gasteiger partial charge in [0.1, 0.15) is 18.0 Å². The van der Waals surface area contributed by atoms with E-state index in [0.29, 0.717) is 39.7 Å². The SMILES string of the molecule is O=C(/C=C/c1ccc(-c2nc(-c3ccc(O)cc3)nc(-c3ccc(O)cc3)n2)cc1)NCC(F)(F)F. The molecule has 0 aliphatic carbocycles.